The van der Waals surface area contributed by atoms with Crippen LogP contribution in [0.3, 0.4) is 0 Å². The Morgan fingerprint density at radius 1 is 0.929 bits per heavy atom. The number of nitrogens with one attached hydrogen (secondary N) is 3. The molecule has 0 radical (unpaired) electrons. The summed E-state index contributed by atoms with van der Waals surface area (Å²) in [5.74, 6) is 0.0736. The van der Waals surface area contributed by atoms with Crippen LogP contribution in [0.1, 0.15) is 9.67 Å². The molecule has 0 aliphatic rings. The molecule has 0 unspecified atom stereocenters. The quantitative estimate of drug-likeness (QED) is 0.536. The molecule has 0 saturated carbocycles. The highest BCUT2D eigenvalue weighted by atomic mass is 32.1. The molecule has 0 spiro atoms. The largest absolute Gasteiger partial charge is 0.484 e. The fourth-order valence-corrected chi connectivity index (χ4v) is 3.10. The molecule has 0 atom stereocenters. The van der Waals surface area contributed by atoms with Crippen molar-refractivity contribution < 1.29 is 14.3 Å². The lowest BCUT2D eigenvalue weighted by atomic mass is 10.2. The van der Waals surface area contributed by atoms with Crippen LogP contribution in [-0.2, 0) is 4.79 Å². The third kappa shape index (κ3) is 5.90. The number of thiocarbonyl (C=S) groups is 1. The SMILES string of the molecule is O=C(COc1ccccc1)Nc1cccc(NC(=S)NC(=O)c2cccs2)c1. The molecule has 3 aromatic rings. The monoisotopic (exact) mass is 411 g/mol. The minimum absolute atomic E-state index is 0.100. The maximum atomic E-state index is 12.1. The van der Waals surface area contributed by atoms with Gasteiger partial charge >= 0.3 is 0 Å². The van der Waals surface area contributed by atoms with Gasteiger partial charge in [-0.1, -0.05) is 30.3 Å². The molecule has 2 amide bonds. The number of para-hydroxylation sites is 1. The van der Waals surface area contributed by atoms with Crippen LogP contribution < -0.4 is 20.7 Å². The predicted molar refractivity (Wildman–Crippen MR) is 115 cm³/mol. The lowest BCUT2D eigenvalue weighted by Crippen LogP contribution is -2.33. The van der Waals surface area contributed by atoms with Crippen molar-refractivity contribution in [3.8, 4) is 5.75 Å². The van der Waals surface area contributed by atoms with E-state index in [2.05, 4.69) is 16.0 Å². The Bertz CT molecular complexity index is 960. The van der Waals surface area contributed by atoms with E-state index in [0.717, 1.165) is 0 Å². The summed E-state index contributed by atoms with van der Waals surface area (Å²) in [6.45, 7) is -0.100. The smallest absolute Gasteiger partial charge is 0.267 e. The Morgan fingerprint density at radius 3 is 2.39 bits per heavy atom. The molecule has 0 fully saturated rings. The summed E-state index contributed by atoms with van der Waals surface area (Å²) in [6, 6.07) is 19.6. The standard InChI is InChI=1S/C20H17N3O3S2/c24-18(13-26-16-8-2-1-3-9-16)21-14-6-4-7-15(12-14)22-20(27)23-19(25)17-10-5-11-28-17/h1-12H,13H2,(H,21,24)(H2,22,23,25,27). The molecule has 0 saturated heterocycles. The number of amides is 2. The third-order valence-corrected chi connectivity index (χ3v) is 4.56. The van der Waals surface area contributed by atoms with Gasteiger partial charge in [0.25, 0.3) is 11.8 Å². The maximum absolute atomic E-state index is 12.1. The summed E-state index contributed by atoms with van der Waals surface area (Å²) in [5.41, 5.74) is 1.22. The van der Waals surface area contributed by atoms with Gasteiger partial charge in [-0.15, -0.1) is 11.3 Å². The van der Waals surface area contributed by atoms with Gasteiger partial charge in [0.1, 0.15) is 5.75 Å². The molecular weight excluding hydrogens is 394 g/mol. The zero-order valence-electron chi connectivity index (χ0n) is 14.7. The van der Waals surface area contributed by atoms with E-state index in [9.17, 15) is 9.59 Å². The van der Waals surface area contributed by atoms with E-state index in [-0.39, 0.29) is 23.5 Å². The number of carbonyl (C=O) groups is 2. The number of thiophene rings is 1. The average Bonchev–Trinajstić information content (AvgIpc) is 3.22. The van der Waals surface area contributed by atoms with Gasteiger partial charge in [0.15, 0.2) is 11.7 Å². The summed E-state index contributed by atoms with van der Waals surface area (Å²) in [4.78, 5) is 24.6. The third-order valence-electron chi connectivity index (χ3n) is 3.49. The molecule has 6 nitrogen and oxygen atoms in total. The number of anilines is 2. The first-order valence-electron chi connectivity index (χ1n) is 8.34. The van der Waals surface area contributed by atoms with Crippen LogP contribution in [-0.4, -0.2) is 23.5 Å². The second-order valence-electron chi connectivity index (χ2n) is 5.62. The molecule has 28 heavy (non-hydrogen) atoms. The average molecular weight is 412 g/mol. The summed E-state index contributed by atoms with van der Waals surface area (Å²) >= 11 is 6.50. The topological polar surface area (TPSA) is 79.5 Å². The van der Waals surface area contributed by atoms with Crippen molar-refractivity contribution in [2.75, 3.05) is 17.2 Å². The van der Waals surface area contributed by atoms with Crippen LogP contribution >= 0.6 is 23.6 Å². The van der Waals surface area contributed by atoms with Crippen molar-refractivity contribution in [3.63, 3.8) is 0 Å². The molecule has 8 heteroatoms. The number of hydrogen-bond donors (Lipinski definition) is 3. The summed E-state index contributed by atoms with van der Waals surface area (Å²) < 4.78 is 5.42. The number of hydrogen-bond acceptors (Lipinski definition) is 5. The van der Waals surface area contributed by atoms with Crippen molar-refractivity contribution in [2.24, 2.45) is 0 Å². The van der Waals surface area contributed by atoms with E-state index in [4.69, 9.17) is 17.0 Å². The zero-order valence-corrected chi connectivity index (χ0v) is 16.3. The van der Waals surface area contributed by atoms with Crippen molar-refractivity contribution in [2.45, 2.75) is 0 Å². The van der Waals surface area contributed by atoms with Crippen LogP contribution in [0.4, 0.5) is 11.4 Å². The molecule has 0 aliphatic carbocycles. The van der Waals surface area contributed by atoms with Crippen LogP contribution in [0, 0.1) is 0 Å². The maximum Gasteiger partial charge on any atom is 0.267 e. The summed E-state index contributed by atoms with van der Waals surface area (Å²) in [7, 11) is 0. The Morgan fingerprint density at radius 2 is 1.68 bits per heavy atom. The highest BCUT2D eigenvalue weighted by molar-refractivity contribution is 7.80. The van der Waals surface area contributed by atoms with E-state index in [1.165, 1.54) is 11.3 Å². The molecule has 0 bridgehead atoms. The van der Waals surface area contributed by atoms with Gasteiger partial charge in [0.05, 0.1) is 4.88 Å². The number of rotatable bonds is 6. The van der Waals surface area contributed by atoms with Crippen molar-refractivity contribution >= 4 is 51.9 Å². The molecule has 3 rings (SSSR count). The van der Waals surface area contributed by atoms with Crippen molar-refractivity contribution in [1.82, 2.24) is 5.32 Å². The van der Waals surface area contributed by atoms with Gasteiger partial charge in [-0.25, -0.2) is 0 Å². The van der Waals surface area contributed by atoms with Gasteiger partial charge in [0.2, 0.25) is 0 Å². The van der Waals surface area contributed by atoms with Crippen LogP contribution in [0.15, 0.2) is 72.1 Å². The molecule has 1 aromatic heterocycles. The summed E-state index contributed by atoms with van der Waals surface area (Å²) in [5, 5.41) is 10.3. The van der Waals surface area contributed by atoms with E-state index in [1.54, 1.807) is 48.5 Å². The van der Waals surface area contributed by atoms with Gasteiger partial charge in [0, 0.05) is 11.4 Å². The van der Waals surface area contributed by atoms with Gasteiger partial charge in [-0.2, -0.15) is 0 Å². The highest BCUT2D eigenvalue weighted by Crippen LogP contribution is 2.16. The highest BCUT2D eigenvalue weighted by Gasteiger charge is 2.09. The van der Waals surface area contributed by atoms with E-state index in [0.29, 0.717) is 22.0 Å². The Hall–Kier alpha value is -3.23. The molecular formula is C20H17N3O3S2. The molecule has 2 aromatic carbocycles. The number of benzene rings is 2. The predicted octanol–water partition coefficient (Wildman–Crippen LogP) is 3.89. The van der Waals surface area contributed by atoms with E-state index in [1.807, 2.05) is 23.6 Å². The Balaban J connectivity index is 1.51. The zero-order chi connectivity index (χ0) is 19.8. The van der Waals surface area contributed by atoms with Crippen molar-refractivity contribution in [1.29, 1.82) is 0 Å². The lowest BCUT2D eigenvalue weighted by molar-refractivity contribution is -0.118. The Kier molecular flexibility index (Phi) is 6.72. The number of ether oxygens (including phenoxy) is 1. The molecule has 0 aliphatic heterocycles. The van der Waals surface area contributed by atoms with E-state index >= 15 is 0 Å². The lowest BCUT2D eigenvalue weighted by Gasteiger charge is -2.11. The van der Waals surface area contributed by atoms with Crippen LogP contribution in [0.2, 0.25) is 0 Å². The van der Waals surface area contributed by atoms with Crippen molar-refractivity contribution in [3.05, 3.63) is 77.0 Å². The molecule has 1 heterocycles. The molecule has 3 N–H and O–H groups in total. The second kappa shape index (κ2) is 9.63. The first-order valence-corrected chi connectivity index (χ1v) is 9.62. The fourth-order valence-electron chi connectivity index (χ4n) is 2.27. The minimum atomic E-state index is -0.283. The first kappa shape index (κ1) is 19.5. The van der Waals surface area contributed by atoms with Gasteiger partial charge in [-0.3, -0.25) is 14.9 Å². The minimum Gasteiger partial charge on any atom is -0.484 e. The summed E-state index contributed by atoms with van der Waals surface area (Å²) in [6.07, 6.45) is 0. The van der Waals surface area contributed by atoms with Gasteiger partial charge in [-0.05, 0) is 54.0 Å². The second-order valence-corrected chi connectivity index (χ2v) is 6.97. The van der Waals surface area contributed by atoms with Crippen LogP contribution in [0.25, 0.3) is 0 Å². The number of carbonyl (C=O) groups excluding carboxylic acids is 2. The normalized spacial score (nSPS) is 10.0. The van der Waals surface area contributed by atoms with Crippen LogP contribution in [0.5, 0.6) is 5.75 Å². The van der Waals surface area contributed by atoms with Gasteiger partial charge < -0.3 is 15.4 Å². The fraction of sp³-hybridized carbons (Fsp3) is 0.0500. The molecule has 142 valence electrons. The first-order chi connectivity index (χ1) is 13.6. The van der Waals surface area contributed by atoms with E-state index < -0.39 is 0 Å². The Labute approximate surface area is 171 Å².